The van der Waals surface area contributed by atoms with Crippen LogP contribution in [0.4, 0.5) is 9.59 Å². The topological polar surface area (TPSA) is 89.0 Å². The summed E-state index contributed by atoms with van der Waals surface area (Å²) in [6, 6.07) is 0.117. The number of alkyl carbamates (subject to hydrolysis) is 1. The Labute approximate surface area is 204 Å². The first kappa shape index (κ1) is 25.1. The lowest BCUT2D eigenvalue weighted by molar-refractivity contribution is -0.0241. The number of rotatable bonds is 4. The van der Waals surface area contributed by atoms with Crippen LogP contribution in [0.1, 0.15) is 92.9 Å². The Morgan fingerprint density at radius 2 is 1.62 bits per heavy atom. The summed E-state index contributed by atoms with van der Waals surface area (Å²) in [6.07, 6.45) is 9.90. The third kappa shape index (κ3) is 4.72. The summed E-state index contributed by atoms with van der Waals surface area (Å²) in [7, 11) is 0. The maximum Gasteiger partial charge on any atom is 0.433 e. The molecule has 0 saturated heterocycles. The fourth-order valence-corrected chi connectivity index (χ4v) is 7.45. The van der Waals surface area contributed by atoms with Gasteiger partial charge in [-0.05, 0) is 95.8 Å². The fourth-order valence-electron chi connectivity index (χ4n) is 7.45. The second-order valence-electron chi connectivity index (χ2n) is 12.0. The van der Waals surface area contributed by atoms with E-state index in [1.165, 1.54) is 12.0 Å². The molecule has 34 heavy (non-hydrogen) atoms. The third-order valence-electron chi connectivity index (χ3n) is 9.13. The highest BCUT2D eigenvalue weighted by atomic mass is 16.7. The highest BCUT2D eigenvalue weighted by Gasteiger charge is 2.58. The molecule has 2 unspecified atom stereocenters. The van der Waals surface area contributed by atoms with Crippen LogP contribution < -0.4 is 10.6 Å². The van der Waals surface area contributed by atoms with Crippen molar-refractivity contribution in [2.75, 3.05) is 0 Å². The Hall–Kier alpha value is -2.05. The molecule has 0 bridgehead atoms. The van der Waals surface area contributed by atoms with Crippen LogP contribution in [0.25, 0.3) is 0 Å². The van der Waals surface area contributed by atoms with Gasteiger partial charge in [0.25, 0.3) is 0 Å². The van der Waals surface area contributed by atoms with Crippen LogP contribution in [0, 0.1) is 28.6 Å². The molecule has 4 aliphatic rings. The lowest BCUT2D eigenvalue weighted by atomic mass is 9.48. The normalized spacial score (nSPS) is 38.0. The second-order valence-corrected chi connectivity index (χ2v) is 12.0. The molecule has 3 fully saturated rings. The van der Waals surface area contributed by atoms with E-state index in [0.29, 0.717) is 17.8 Å². The molecule has 0 radical (unpaired) electrons. The van der Waals surface area contributed by atoms with E-state index in [1.54, 1.807) is 0 Å². The Morgan fingerprint density at radius 1 is 0.971 bits per heavy atom. The van der Waals surface area contributed by atoms with E-state index in [0.717, 1.165) is 50.7 Å². The monoisotopic (exact) mass is 473 g/mol. The van der Waals surface area contributed by atoms with Gasteiger partial charge in [0.1, 0.15) is 6.10 Å². The Morgan fingerprint density at radius 3 is 2.32 bits per heavy atom. The van der Waals surface area contributed by atoms with Gasteiger partial charge in [0.15, 0.2) is 0 Å². The minimum atomic E-state index is -0.470. The predicted octanol–water partition coefficient (Wildman–Crippen LogP) is 5.94. The van der Waals surface area contributed by atoms with Crippen LogP contribution in [0.5, 0.6) is 0 Å². The van der Waals surface area contributed by atoms with Gasteiger partial charge in [-0.3, -0.25) is 4.84 Å². The molecule has 0 aromatic rings. The molecule has 3 saturated carbocycles. The zero-order valence-electron chi connectivity index (χ0n) is 21.8. The highest BCUT2D eigenvalue weighted by Crippen LogP contribution is 2.64. The van der Waals surface area contributed by atoms with Gasteiger partial charge in [0.2, 0.25) is 0 Å². The van der Waals surface area contributed by atoms with E-state index in [2.05, 4.69) is 35.7 Å². The van der Waals surface area contributed by atoms with Crippen LogP contribution in [-0.4, -0.2) is 36.1 Å². The number of carbonyl (C=O) groups is 2. The number of oxime groups is 1. The number of allylic oxidation sites excluding steroid dienone is 1. The number of hydrogen-bond donors (Lipinski definition) is 2. The summed E-state index contributed by atoms with van der Waals surface area (Å²) in [6.45, 7) is 12.5. The van der Waals surface area contributed by atoms with Crippen molar-refractivity contribution in [1.29, 1.82) is 0 Å². The molecule has 0 aromatic heterocycles. The highest BCUT2D eigenvalue weighted by molar-refractivity contribution is 5.92. The lowest BCUT2D eigenvalue weighted by Crippen LogP contribution is -2.51. The number of fused-ring (bicyclic) bond motifs is 5. The zero-order valence-corrected chi connectivity index (χ0v) is 21.8. The van der Waals surface area contributed by atoms with E-state index in [-0.39, 0.29) is 35.1 Å². The zero-order chi connectivity index (χ0) is 24.7. The van der Waals surface area contributed by atoms with Gasteiger partial charge in [0.05, 0.1) is 5.71 Å². The Balaban J connectivity index is 1.45. The van der Waals surface area contributed by atoms with E-state index >= 15 is 0 Å². The van der Waals surface area contributed by atoms with Crippen molar-refractivity contribution in [3.8, 4) is 0 Å². The molecular formula is C27H43N3O4. The first-order chi connectivity index (χ1) is 16.0. The van der Waals surface area contributed by atoms with Gasteiger partial charge < -0.3 is 15.4 Å². The molecule has 6 atom stereocenters. The maximum absolute atomic E-state index is 12.1. The first-order valence-electron chi connectivity index (χ1n) is 13.2. The number of carbonyl (C=O) groups excluding carboxylic acids is 2. The molecular weight excluding hydrogens is 430 g/mol. The third-order valence-corrected chi connectivity index (χ3v) is 9.13. The lowest BCUT2D eigenvalue weighted by Gasteiger charge is -2.57. The SMILES string of the molecule is CC(C)NC(=O)ON=C1CCC2[C@@H]3CC=C4C[C@@H](OC(=O)NC(C)C)CC[C@]4(C)C3CC[C@]12C. The number of nitrogens with zero attached hydrogens (tertiary/aromatic N) is 1. The minimum absolute atomic E-state index is 0.0101. The molecule has 0 aromatic carbocycles. The van der Waals surface area contributed by atoms with Crippen molar-refractivity contribution in [2.24, 2.45) is 33.7 Å². The van der Waals surface area contributed by atoms with Gasteiger partial charge >= 0.3 is 12.2 Å². The van der Waals surface area contributed by atoms with E-state index in [4.69, 9.17) is 9.57 Å². The van der Waals surface area contributed by atoms with E-state index < -0.39 is 6.09 Å². The largest absolute Gasteiger partial charge is 0.446 e. The maximum atomic E-state index is 12.1. The quantitative estimate of drug-likeness (QED) is 0.300. The molecule has 2 N–H and O–H groups in total. The predicted molar refractivity (Wildman–Crippen MR) is 132 cm³/mol. The Bertz CT molecular complexity index is 866. The molecule has 0 heterocycles. The summed E-state index contributed by atoms with van der Waals surface area (Å²) < 4.78 is 5.75. The number of hydrogen-bond acceptors (Lipinski definition) is 5. The van der Waals surface area contributed by atoms with Crippen LogP contribution >= 0.6 is 0 Å². The summed E-state index contributed by atoms with van der Waals surface area (Å²) in [5, 5.41) is 9.96. The van der Waals surface area contributed by atoms with Crippen molar-refractivity contribution >= 4 is 17.9 Å². The molecule has 0 aliphatic heterocycles. The van der Waals surface area contributed by atoms with Crippen molar-refractivity contribution in [3.05, 3.63) is 11.6 Å². The van der Waals surface area contributed by atoms with Gasteiger partial charge in [-0.1, -0.05) is 30.7 Å². The number of ether oxygens (including phenoxy) is 1. The molecule has 4 aliphatic carbocycles. The van der Waals surface area contributed by atoms with Gasteiger partial charge in [-0.2, -0.15) is 0 Å². The van der Waals surface area contributed by atoms with Crippen molar-refractivity contribution in [1.82, 2.24) is 10.6 Å². The fraction of sp³-hybridized carbons (Fsp3) is 0.815. The molecule has 7 heteroatoms. The number of amides is 2. The summed E-state index contributed by atoms with van der Waals surface area (Å²) in [5.41, 5.74) is 2.75. The van der Waals surface area contributed by atoms with Crippen LogP contribution in [-0.2, 0) is 9.57 Å². The average molecular weight is 474 g/mol. The first-order valence-corrected chi connectivity index (χ1v) is 13.2. The Kier molecular flexibility index (Phi) is 7.03. The van der Waals surface area contributed by atoms with Crippen molar-refractivity contribution in [3.63, 3.8) is 0 Å². The average Bonchev–Trinajstić information content (AvgIpc) is 3.07. The molecule has 4 rings (SSSR count). The van der Waals surface area contributed by atoms with Crippen LogP contribution in [0.15, 0.2) is 16.8 Å². The standard InChI is InChI=1S/C27H43N3O4/c1-16(2)28-24(31)33-19-11-13-26(5)18(15-19)7-8-20-21-9-10-23(27(21,6)14-12-22(20)26)30-34-25(32)29-17(3)4/h7,16-17,19-22H,8-15H2,1-6H3,(H,28,31)(H,29,32)/t19-,20-,21?,22?,26-,27-/m0/s1. The van der Waals surface area contributed by atoms with Gasteiger partial charge in [-0.25, -0.2) is 9.59 Å². The van der Waals surface area contributed by atoms with E-state index in [9.17, 15) is 9.59 Å². The molecule has 2 amide bonds. The molecule has 7 nitrogen and oxygen atoms in total. The molecule has 190 valence electrons. The minimum Gasteiger partial charge on any atom is -0.446 e. The van der Waals surface area contributed by atoms with Crippen molar-refractivity contribution in [2.45, 2.75) is 111 Å². The van der Waals surface area contributed by atoms with E-state index in [1.807, 2.05) is 27.7 Å². The van der Waals surface area contributed by atoms with Crippen LogP contribution in [0.2, 0.25) is 0 Å². The number of nitrogens with one attached hydrogen (secondary N) is 2. The second kappa shape index (κ2) is 9.54. The van der Waals surface area contributed by atoms with Gasteiger partial charge in [-0.15, -0.1) is 0 Å². The summed E-state index contributed by atoms with van der Waals surface area (Å²) in [5.74, 6) is 1.86. The summed E-state index contributed by atoms with van der Waals surface area (Å²) >= 11 is 0. The summed E-state index contributed by atoms with van der Waals surface area (Å²) in [4.78, 5) is 29.3. The smallest absolute Gasteiger partial charge is 0.433 e. The molecule has 0 spiro atoms. The van der Waals surface area contributed by atoms with Crippen LogP contribution in [0.3, 0.4) is 0 Å². The van der Waals surface area contributed by atoms with Gasteiger partial charge in [0, 0.05) is 23.9 Å². The van der Waals surface area contributed by atoms with Crippen molar-refractivity contribution < 1.29 is 19.2 Å².